The number of thiophene rings is 1. The van der Waals surface area contributed by atoms with Gasteiger partial charge in [0.05, 0.1) is 8.68 Å². The van der Waals surface area contributed by atoms with Gasteiger partial charge in [-0.1, -0.05) is 0 Å². The number of anilines is 1. The molecule has 0 radical (unpaired) electrons. The molecule has 21 heavy (non-hydrogen) atoms. The zero-order chi connectivity index (χ0) is 15.8. The number of sulfonamides is 1. The smallest absolute Gasteiger partial charge is 0.243 e. The van der Waals surface area contributed by atoms with Crippen LogP contribution in [0.1, 0.15) is 16.7 Å². The Kier molecular flexibility index (Phi) is 4.77. The van der Waals surface area contributed by atoms with E-state index in [0.717, 1.165) is 9.35 Å². The summed E-state index contributed by atoms with van der Waals surface area (Å²) < 4.78 is 27.9. The third-order valence-corrected chi connectivity index (χ3v) is 6.84. The molecule has 4 nitrogen and oxygen atoms in total. The van der Waals surface area contributed by atoms with Gasteiger partial charge in [0.1, 0.15) is 0 Å². The highest BCUT2D eigenvalue weighted by Crippen LogP contribution is 2.28. The first kappa shape index (κ1) is 16.5. The van der Waals surface area contributed by atoms with Crippen LogP contribution < -0.4 is 5.73 Å². The molecule has 0 aliphatic heterocycles. The lowest BCUT2D eigenvalue weighted by Crippen LogP contribution is -2.27. The number of hydrogen-bond donors (Lipinski definition) is 1. The number of nitrogens with zero attached hydrogens (tertiary/aromatic N) is 1. The number of halogens is 1. The van der Waals surface area contributed by atoms with E-state index in [1.165, 1.54) is 15.6 Å². The fraction of sp³-hybridized carbons (Fsp3) is 0.286. The van der Waals surface area contributed by atoms with Crippen molar-refractivity contribution in [2.75, 3.05) is 12.8 Å². The van der Waals surface area contributed by atoms with Crippen molar-refractivity contribution in [2.24, 2.45) is 0 Å². The third kappa shape index (κ3) is 3.48. The largest absolute Gasteiger partial charge is 0.399 e. The average Bonchev–Trinajstić information content (AvgIpc) is 2.72. The number of aryl methyl sites for hydroxylation is 2. The summed E-state index contributed by atoms with van der Waals surface area (Å²) in [4.78, 5) is 0.341. The van der Waals surface area contributed by atoms with Crippen LogP contribution in [0.2, 0.25) is 0 Å². The van der Waals surface area contributed by atoms with E-state index in [0.29, 0.717) is 28.3 Å². The minimum Gasteiger partial charge on any atom is -0.399 e. The van der Waals surface area contributed by atoms with Crippen molar-refractivity contribution < 1.29 is 8.42 Å². The third-order valence-electron chi connectivity index (χ3n) is 3.18. The molecule has 0 aliphatic rings. The van der Waals surface area contributed by atoms with Crippen molar-refractivity contribution >= 4 is 43.0 Å². The molecule has 0 fully saturated rings. The molecule has 0 unspecified atom stereocenters. The zero-order valence-electron chi connectivity index (χ0n) is 12.1. The lowest BCUT2D eigenvalue weighted by molar-refractivity contribution is 0.466. The second kappa shape index (κ2) is 6.08. The first-order valence-corrected chi connectivity index (χ1v) is 9.39. The summed E-state index contributed by atoms with van der Waals surface area (Å²) in [6.07, 6.45) is 0. The van der Waals surface area contributed by atoms with Crippen LogP contribution in [-0.2, 0) is 16.6 Å². The van der Waals surface area contributed by atoms with Crippen LogP contribution in [0.15, 0.2) is 32.3 Å². The fourth-order valence-electron chi connectivity index (χ4n) is 2.32. The molecule has 0 spiro atoms. The van der Waals surface area contributed by atoms with E-state index in [4.69, 9.17) is 5.73 Å². The highest BCUT2D eigenvalue weighted by Gasteiger charge is 2.25. The predicted octanol–water partition coefficient (Wildman–Crippen LogP) is 3.53. The van der Waals surface area contributed by atoms with Crippen molar-refractivity contribution in [1.29, 1.82) is 0 Å². The Morgan fingerprint density at radius 1 is 1.24 bits per heavy atom. The standard InChI is InChI=1S/C14H17BrN2O2S2/c1-9-4-12(16)5-10(2)14(9)21(18,19)17(3)7-11-6-13(15)20-8-11/h4-6,8H,7,16H2,1-3H3. The topological polar surface area (TPSA) is 63.4 Å². The van der Waals surface area contributed by atoms with Gasteiger partial charge in [0.2, 0.25) is 10.0 Å². The Labute approximate surface area is 137 Å². The molecule has 1 aromatic carbocycles. The molecule has 0 saturated heterocycles. The Balaban J connectivity index is 2.38. The molecular weight excluding hydrogens is 372 g/mol. The minimum absolute atomic E-state index is 0.341. The molecule has 2 aromatic rings. The van der Waals surface area contributed by atoms with Gasteiger partial charge in [-0.2, -0.15) is 4.31 Å². The second-order valence-corrected chi connectivity index (χ2v) is 9.28. The molecule has 7 heteroatoms. The summed E-state index contributed by atoms with van der Waals surface area (Å²) in [5, 5.41) is 1.94. The molecule has 0 amide bonds. The quantitative estimate of drug-likeness (QED) is 0.814. The molecule has 0 saturated carbocycles. The number of benzene rings is 1. The molecule has 0 aliphatic carbocycles. The van der Waals surface area contributed by atoms with Gasteiger partial charge in [0.15, 0.2) is 0 Å². The minimum atomic E-state index is -3.54. The molecule has 114 valence electrons. The number of hydrogen-bond acceptors (Lipinski definition) is 4. The summed E-state index contributed by atoms with van der Waals surface area (Å²) >= 11 is 4.93. The highest BCUT2D eigenvalue weighted by molar-refractivity contribution is 9.11. The molecule has 2 rings (SSSR count). The first-order valence-electron chi connectivity index (χ1n) is 6.28. The summed E-state index contributed by atoms with van der Waals surface area (Å²) in [5.41, 5.74) is 8.64. The van der Waals surface area contributed by atoms with Crippen molar-refractivity contribution in [1.82, 2.24) is 4.31 Å². The summed E-state index contributed by atoms with van der Waals surface area (Å²) in [6, 6.07) is 5.31. The summed E-state index contributed by atoms with van der Waals surface area (Å²) in [6.45, 7) is 3.88. The fourth-order valence-corrected chi connectivity index (χ4v) is 5.08. The van der Waals surface area contributed by atoms with E-state index < -0.39 is 10.0 Å². The SMILES string of the molecule is Cc1cc(N)cc(C)c1S(=O)(=O)N(C)Cc1csc(Br)c1. The average molecular weight is 389 g/mol. The van der Waals surface area contributed by atoms with E-state index in [2.05, 4.69) is 15.9 Å². The number of rotatable bonds is 4. The molecule has 0 atom stereocenters. The van der Waals surface area contributed by atoms with Gasteiger partial charge >= 0.3 is 0 Å². The Bertz CT molecular complexity index is 746. The van der Waals surface area contributed by atoms with Crippen LogP contribution in [0.25, 0.3) is 0 Å². The van der Waals surface area contributed by atoms with Gasteiger partial charge in [-0.3, -0.25) is 0 Å². The molecule has 1 aromatic heterocycles. The van der Waals surface area contributed by atoms with Crippen molar-refractivity contribution in [3.05, 3.63) is 44.1 Å². The Hall–Kier alpha value is -0.890. The van der Waals surface area contributed by atoms with E-state index in [-0.39, 0.29) is 0 Å². The zero-order valence-corrected chi connectivity index (χ0v) is 15.3. The maximum absolute atomic E-state index is 12.8. The molecule has 2 N–H and O–H groups in total. The molecule has 0 bridgehead atoms. The van der Waals surface area contributed by atoms with Crippen molar-refractivity contribution in [2.45, 2.75) is 25.3 Å². The lowest BCUT2D eigenvalue weighted by Gasteiger charge is -2.20. The van der Waals surface area contributed by atoms with Crippen LogP contribution in [0.3, 0.4) is 0 Å². The van der Waals surface area contributed by atoms with Gasteiger partial charge in [-0.05, 0) is 70.0 Å². The molecule has 1 heterocycles. The van der Waals surface area contributed by atoms with Crippen molar-refractivity contribution in [3.8, 4) is 0 Å². The van der Waals surface area contributed by atoms with E-state index in [1.54, 1.807) is 33.0 Å². The maximum Gasteiger partial charge on any atom is 0.243 e. The van der Waals surface area contributed by atoms with Gasteiger partial charge < -0.3 is 5.73 Å². The number of nitrogen functional groups attached to an aromatic ring is 1. The Morgan fingerprint density at radius 3 is 2.29 bits per heavy atom. The monoisotopic (exact) mass is 388 g/mol. The first-order chi connectivity index (χ1) is 9.71. The van der Waals surface area contributed by atoms with E-state index >= 15 is 0 Å². The van der Waals surface area contributed by atoms with Crippen LogP contribution in [0, 0.1) is 13.8 Å². The van der Waals surface area contributed by atoms with Gasteiger partial charge in [0.25, 0.3) is 0 Å². The Morgan fingerprint density at radius 2 is 1.81 bits per heavy atom. The highest BCUT2D eigenvalue weighted by atomic mass is 79.9. The van der Waals surface area contributed by atoms with Gasteiger partial charge in [-0.25, -0.2) is 8.42 Å². The molecular formula is C14H17BrN2O2S2. The van der Waals surface area contributed by atoms with Gasteiger partial charge in [0, 0.05) is 19.3 Å². The van der Waals surface area contributed by atoms with Crippen LogP contribution in [0.5, 0.6) is 0 Å². The van der Waals surface area contributed by atoms with Crippen LogP contribution in [0.4, 0.5) is 5.69 Å². The van der Waals surface area contributed by atoms with E-state index in [1.807, 2.05) is 11.4 Å². The van der Waals surface area contributed by atoms with E-state index in [9.17, 15) is 8.42 Å². The van der Waals surface area contributed by atoms with Crippen LogP contribution >= 0.6 is 27.3 Å². The van der Waals surface area contributed by atoms with Gasteiger partial charge in [-0.15, -0.1) is 11.3 Å². The normalized spacial score (nSPS) is 12.0. The second-order valence-electron chi connectivity index (χ2n) is 5.00. The summed E-state index contributed by atoms with van der Waals surface area (Å²) in [5.74, 6) is 0. The maximum atomic E-state index is 12.8. The lowest BCUT2D eigenvalue weighted by atomic mass is 10.1. The van der Waals surface area contributed by atoms with Crippen molar-refractivity contribution in [3.63, 3.8) is 0 Å². The predicted molar refractivity (Wildman–Crippen MR) is 91.0 cm³/mol. The number of nitrogens with two attached hydrogens (primary N) is 1. The summed E-state index contributed by atoms with van der Waals surface area (Å²) in [7, 11) is -1.95. The van der Waals surface area contributed by atoms with Crippen LogP contribution in [-0.4, -0.2) is 19.8 Å².